The van der Waals surface area contributed by atoms with Crippen LogP contribution in [0.15, 0.2) is 43.0 Å². The van der Waals surface area contributed by atoms with Gasteiger partial charge in [0.2, 0.25) is 0 Å². The second kappa shape index (κ2) is 4.10. The molecule has 0 unspecified atom stereocenters. The molecule has 0 saturated heterocycles. The van der Waals surface area contributed by atoms with E-state index in [2.05, 4.69) is 63.1 Å². The van der Waals surface area contributed by atoms with Crippen LogP contribution < -0.4 is 10.4 Å². The molecule has 3 aromatic carbocycles. The minimum absolute atomic E-state index is 1.01. The molecule has 0 radical (unpaired) electrons. The number of rotatable bonds is 1. The number of hydrogen-bond donors (Lipinski definition) is 0. The SMILES string of the molecule is C=Cc1cccc2c1c(=C)c(=C)c1c(C)cccc12. The summed E-state index contributed by atoms with van der Waals surface area (Å²) in [5.41, 5.74) is 2.37. The van der Waals surface area contributed by atoms with Crippen LogP contribution in [0.3, 0.4) is 0 Å². The zero-order chi connectivity index (χ0) is 13.6. The minimum atomic E-state index is 1.01. The van der Waals surface area contributed by atoms with Gasteiger partial charge in [-0.15, -0.1) is 0 Å². The van der Waals surface area contributed by atoms with E-state index in [1.54, 1.807) is 0 Å². The van der Waals surface area contributed by atoms with Gasteiger partial charge in [-0.3, -0.25) is 0 Å². The molecule has 0 aliphatic heterocycles. The molecule has 0 fully saturated rings. The third kappa shape index (κ3) is 1.53. The van der Waals surface area contributed by atoms with Crippen LogP contribution in [0.1, 0.15) is 11.1 Å². The zero-order valence-corrected chi connectivity index (χ0v) is 11.2. The van der Waals surface area contributed by atoms with Gasteiger partial charge in [-0.25, -0.2) is 0 Å². The van der Waals surface area contributed by atoms with Gasteiger partial charge in [0, 0.05) is 0 Å². The summed E-state index contributed by atoms with van der Waals surface area (Å²) in [6.07, 6.45) is 1.89. The van der Waals surface area contributed by atoms with E-state index in [1.165, 1.54) is 27.1 Å². The summed E-state index contributed by atoms with van der Waals surface area (Å²) in [4.78, 5) is 0. The van der Waals surface area contributed by atoms with E-state index in [1.807, 2.05) is 6.08 Å². The number of hydrogen-bond acceptors (Lipinski definition) is 0. The topological polar surface area (TPSA) is 0 Å². The number of fused-ring (bicyclic) bond motifs is 3. The normalized spacial score (nSPS) is 11.0. The summed E-state index contributed by atoms with van der Waals surface area (Å²) in [7, 11) is 0. The van der Waals surface area contributed by atoms with Gasteiger partial charge in [-0.1, -0.05) is 62.2 Å². The monoisotopic (exact) mass is 244 g/mol. The highest BCUT2D eigenvalue weighted by atomic mass is 14.1. The molecule has 0 heterocycles. The molecule has 0 N–H and O–H groups in total. The lowest BCUT2D eigenvalue weighted by Crippen LogP contribution is -2.24. The maximum atomic E-state index is 4.24. The summed E-state index contributed by atoms with van der Waals surface area (Å²) in [5.74, 6) is 0. The molecule has 0 amide bonds. The summed E-state index contributed by atoms with van der Waals surface area (Å²) in [6.45, 7) is 14.5. The molecular formula is C19H16. The van der Waals surface area contributed by atoms with E-state index in [0.29, 0.717) is 0 Å². The highest BCUT2D eigenvalue weighted by Gasteiger charge is 2.07. The first kappa shape index (κ1) is 11.7. The first-order chi connectivity index (χ1) is 9.15. The molecule has 0 aliphatic carbocycles. The standard InChI is InChI=1S/C19H16/c1-5-15-9-7-11-17-16-10-6-8-12(2)18(16)13(3)14(4)19(15)17/h5-11H,1,3-4H2,2H3. The van der Waals surface area contributed by atoms with E-state index in [-0.39, 0.29) is 0 Å². The average molecular weight is 244 g/mol. The Balaban J connectivity index is 2.79. The molecule has 92 valence electrons. The molecule has 0 bridgehead atoms. The van der Waals surface area contributed by atoms with Gasteiger partial charge in [0.25, 0.3) is 0 Å². The Bertz CT molecular complexity index is 914. The van der Waals surface area contributed by atoms with Crippen LogP contribution in [-0.2, 0) is 0 Å². The van der Waals surface area contributed by atoms with Gasteiger partial charge in [0.15, 0.2) is 0 Å². The highest BCUT2D eigenvalue weighted by Crippen LogP contribution is 2.25. The first-order valence-corrected chi connectivity index (χ1v) is 6.39. The van der Waals surface area contributed by atoms with Gasteiger partial charge in [0.05, 0.1) is 0 Å². The number of benzene rings is 3. The van der Waals surface area contributed by atoms with Gasteiger partial charge in [0.1, 0.15) is 0 Å². The molecule has 3 aromatic rings. The second-order valence-corrected chi connectivity index (χ2v) is 4.93. The van der Waals surface area contributed by atoms with Crippen LogP contribution in [0.5, 0.6) is 0 Å². The molecule has 0 aromatic heterocycles. The van der Waals surface area contributed by atoms with Gasteiger partial charge in [-0.05, 0) is 50.0 Å². The van der Waals surface area contributed by atoms with Crippen LogP contribution >= 0.6 is 0 Å². The summed E-state index contributed by atoms with van der Waals surface area (Å²) in [5, 5.41) is 6.90. The van der Waals surface area contributed by atoms with Crippen molar-refractivity contribution < 1.29 is 0 Å². The van der Waals surface area contributed by atoms with Crippen molar-refractivity contribution in [2.75, 3.05) is 0 Å². The van der Waals surface area contributed by atoms with Crippen LogP contribution in [0, 0.1) is 6.92 Å². The van der Waals surface area contributed by atoms with Crippen molar-refractivity contribution in [3.8, 4) is 0 Å². The third-order valence-corrected chi connectivity index (χ3v) is 3.85. The lowest BCUT2D eigenvalue weighted by atomic mass is 9.93. The van der Waals surface area contributed by atoms with Crippen molar-refractivity contribution in [1.82, 2.24) is 0 Å². The summed E-state index contributed by atoms with van der Waals surface area (Å²) in [6, 6.07) is 12.7. The average Bonchev–Trinajstić information content (AvgIpc) is 2.43. The van der Waals surface area contributed by atoms with E-state index in [0.717, 1.165) is 16.0 Å². The fourth-order valence-electron chi connectivity index (χ4n) is 2.90. The molecule has 19 heavy (non-hydrogen) atoms. The van der Waals surface area contributed by atoms with Crippen LogP contribution in [0.4, 0.5) is 0 Å². The van der Waals surface area contributed by atoms with Crippen molar-refractivity contribution in [2.24, 2.45) is 0 Å². The fourth-order valence-corrected chi connectivity index (χ4v) is 2.90. The molecule has 0 aliphatic rings. The Morgan fingerprint density at radius 1 is 0.842 bits per heavy atom. The van der Waals surface area contributed by atoms with Crippen LogP contribution in [-0.4, -0.2) is 0 Å². The quantitative estimate of drug-likeness (QED) is 0.572. The molecule has 0 nitrogen and oxygen atoms in total. The van der Waals surface area contributed by atoms with Crippen molar-refractivity contribution in [1.29, 1.82) is 0 Å². The number of aryl methyl sites for hydroxylation is 1. The van der Waals surface area contributed by atoms with E-state index in [4.69, 9.17) is 0 Å². The Labute approximate surface area is 113 Å². The van der Waals surface area contributed by atoms with Crippen molar-refractivity contribution in [3.63, 3.8) is 0 Å². The fraction of sp³-hybridized carbons (Fsp3) is 0.0526. The van der Waals surface area contributed by atoms with Crippen LogP contribution in [0.2, 0.25) is 0 Å². The van der Waals surface area contributed by atoms with E-state index < -0.39 is 0 Å². The van der Waals surface area contributed by atoms with E-state index in [9.17, 15) is 0 Å². The Hall–Kier alpha value is -2.34. The highest BCUT2D eigenvalue weighted by molar-refractivity contribution is 6.10. The first-order valence-electron chi connectivity index (χ1n) is 6.39. The zero-order valence-electron chi connectivity index (χ0n) is 11.2. The van der Waals surface area contributed by atoms with Gasteiger partial charge >= 0.3 is 0 Å². The molecule has 0 spiro atoms. The smallest absolute Gasteiger partial charge is 0.00328 e. The molecular weight excluding hydrogens is 228 g/mol. The third-order valence-electron chi connectivity index (χ3n) is 3.85. The lowest BCUT2D eigenvalue weighted by molar-refractivity contribution is 1.51. The molecule has 3 rings (SSSR count). The lowest BCUT2D eigenvalue weighted by Gasteiger charge is -2.10. The summed E-state index contributed by atoms with van der Waals surface area (Å²) < 4.78 is 0. The largest absolute Gasteiger partial charge is 0.0984 e. The van der Waals surface area contributed by atoms with Crippen molar-refractivity contribution >= 4 is 40.8 Å². The molecule has 0 atom stereocenters. The van der Waals surface area contributed by atoms with Gasteiger partial charge in [-0.2, -0.15) is 0 Å². The van der Waals surface area contributed by atoms with Gasteiger partial charge < -0.3 is 0 Å². The Morgan fingerprint density at radius 2 is 1.42 bits per heavy atom. The van der Waals surface area contributed by atoms with Crippen molar-refractivity contribution in [2.45, 2.75) is 6.92 Å². The predicted molar refractivity (Wildman–Crippen MR) is 86.6 cm³/mol. The molecule has 0 saturated carbocycles. The Morgan fingerprint density at radius 3 is 2.11 bits per heavy atom. The van der Waals surface area contributed by atoms with Crippen molar-refractivity contribution in [3.05, 3.63) is 64.5 Å². The van der Waals surface area contributed by atoms with E-state index >= 15 is 0 Å². The minimum Gasteiger partial charge on any atom is -0.0984 e. The second-order valence-electron chi connectivity index (χ2n) is 4.93. The maximum absolute atomic E-state index is 4.24. The molecule has 0 heteroatoms. The van der Waals surface area contributed by atoms with Crippen LogP contribution in [0.25, 0.3) is 40.8 Å². The maximum Gasteiger partial charge on any atom is -0.00328 e. The Kier molecular flexibility index (Phi) is 2.53. The summed E-state index contributed by atoms with van der Waals surface area (Å²) >= 11 is 0. The predicted octanol–water partition coefficient (Wildman–Crippen LogP) is 3.77.